The Labute approximate surface area is 138 Å². The van der Waals surface area contributed by atoms with Crippen molar-refractivity contribution < 1.29 is 9.53 Å². The van der Waals surface area contributed by atoms with Crippen LogP contribution in [0.25, 0.3) is 0 Å². The maximum Gasteiger partial charge on any atom is 0.341 e. The van der Waals surface area contributed by atoms with Gasteiger partial charge in [0.2, 0.25) is 5.95 Å². The Kier molecular flexibility index (Phi) is 4.71. The van der Waals surface area contributed by atoms with Crippen molar-refractivity contribution in [2.24, 2.45) is 0 Å². The quantitative estimate of drug-likeness (QED) is 0.789. The van der Waals surface area contributed by atoms with Gasteiger partial charge in [0.05, 0.1) is 17.9 Å². The molecule has 0 radical (unpaired) electrons. The Hall–Kier alpha value is -2.22. The Balaban J connectivity index is 1.66. The van der Waals surface area contributed by atoms with Crippen LogP contribution in [-0.2, 0) is 4.74 Å². The largest absolute Gasteiger partial charge is 0.462 e. The molecule has 0 amide bonds. The molecule has 1 aliphatic heterocycles. The highest BCUT2D eigenvalue weighted by atomic mass is 32.1. The Morgan fingerprint density at radius 2 is 2.00 bits per heavy atom. The van der Waals surface area contributed by atoms with Gasteiger partial charge in [-0.15, -0.1) is 11.3 Å². The molecule has 8 heteroatoms. The van der Waals surface area contributed by atoms with Crippen LogP contribution in [0.5, 0.6) is 0 Å². The summed E-state index contributed by atoms with van der Waals surface area (Å²) in [5.41, 5.74) is 1.08. The minimum atomic E-state index is -0.370. The molecule has 0 bridgehead atoms. The topological polar surface area (TPSA) is 71.5 Å². The first-order valence-corrected chi connectivity index (χ1v) is 8.47. The summed E-state index contributed by atoms with van der Waals surface area (Å²) in [6.07, 6.45) is 3.38. The Morgan fingerprint density at radius 3 is 2.61 bits per heavy atom. The molecule has 1 saturated heterocycles. The number of carbonyl (C=O) groups excluding carboxylic acids is 1. The van der Waals surface area contributed by atoms with Crippen LogP contribution in [0.3, 0.4) is 0 Å². The lowest BCUT2D eigenvalue weighted by Gasteiger charge is -2.34. The molecule has 0 spiro atoms. The number of carbonyl (C=O) groups is 1. The third kappa shape index (κ3) is 3.42. The van der Waals surface area contributed by atoms with Gasteiger partial charge >= 0.3 is 5.97 Å². The average molecular weight is 333 g/mol. The van der Waals surface area contributed by atoms with Crippen molar-refractivity contribution in [3.63, 3.8) is 0 Å². The third-order valence-electron chi connectivity index (χ3n) is 3.71. The molecule has 1 aliphatic rings. The molecule has 3 heterocycles. The molecule has 0 aromatic carbocycles. The molecule has 1 fully saturated rings. The van der Waals surface area contributed by atoms with Crippen molar-refractivity contribution in [2.45, 2.75) is 13.8 Å². The molecule has 7 nitrogen and oxygen atoms in total. The molecule has 0 N–H and O–H groups in total. The van der Waals surface area contributed by atoms with Gasteiger partial charge in [-0.1, -0.05) is 0 Å². The van der Waals surface area contributed by atoms with Gasteiger partial charge in [-0.3, -0.25) is 0 Å². The fraction of sp³-hybridized carbons (Fsp3) is 0.467. The summed E-state index contributed by atoms with van der Waals surface area (Å²) in [5, 5.41) is 3.04. The molecular weight excluding hydrogens is 314 g/mol. The minimum absolute atomic E-state index is 0.346. The Bertz CT molecular complexity index is 669. The van der Waals surface area contributed by atoms with E-state index in [4.69, 9.17) is 4.74 Å². The van der Waals surface area contributed by atoms with Gasteiger partial charge in [0.15, 0.2) is 5.13 Å². The lowest BCUT2D eigenvalue weighted by molar-refractivity contribution is 0.0524. The van der Waals surface area contributed by atoms with Gasteiger partial charge in [-0.05, 0) is 13.8 Å². The van der Waals surface area contributed by atoms with E-state index in [-0.39, 0.29) is 5.97 Å². The normalized spacial score (nSPS) is 14.9. The second-order valence-corrected chi connectivity index (χ2v) is 6.05. The van der Waals surface area contributed by atoms with E-state index in [0.717, 1.165) is 31.3 Å². The summed E-state index contributed by atoms with van der Waals surface area (Å²) in [4.78, 5) is 29.3. The smallest absolute Gasteiger partial charge is 0.341 e. The van der Waals surface area contributed by atoms with Gasteiger partial charge in [-0.25, -0.2) is 19.7 Å². The zero-order chi connectivity index (χ0) is 16.2. The van der Waals surface area contributed by atoms with Crippen LogP contribution >= 0.6 is 11.3 Å². The Morgan fingerprint density at radius 1 is 1.26 bits per heavy atom. The molecule has 0 atom stereocenters. The second kappa shape index (κ2) is 6.91. The molecule has 3 rings (SSSR count). The van der Waals surface area contributed by atoms with Gasteiger partial charge in [0, 0.05) is 44.0 Å². The number of piperazine rings is 1. The average Bonchev–Trinajstić information content (AvgIpc) is 3.09. The first kappa shape index (κ1) is 15.7. The van der Waals surface area contributed by atoms with Crippen LogP contribution in [0.1, 0.15) is 23.0 Å². The number of anilines is 2. The molecule has 0 unspecified atom stereocenters. The highest BCUT2D eigenvalue weighted by Crippen LogP contribution is 2.20. The SMILES string of the molecule is CCOC(=O)c1cnc(N2CCN(c3nccs3)CC2)nc1C. The standard InChI is InChI=1S/C15H19N5O2S/c1-3-22-13(21)12-10-17-14(18-11(12)2)19-5-7-20(8-6-19)15-16-4-9-23-15/h4,9-10H,3,5-8H2,1-2H3. The molecular formula is C15H19N5O2S. The van der Waals surface area contributed by atoms with E-state index in [9.17, 15) is 4.79 Å². The molecule has 122 valence electrons. The van der Waals surface area contributed by atoms with Crippen LogP contribution in [0, 0.1) is 6.92 Å². The predicted octanol–water partition coefficient (Wildman–Crippen LogP) is 1.74. The van der Waals surface area contributed by atoms with Gasteiger partial charge in [-0.2, -0.15) is 0 Å². The van der Waals surface area contributed by atoms with E-state index in [2.05, 4.69) is 24.8 Å². The molecule has 2 aromatic heterocycles. The molecule has 0 saturated carbocycles. The zero-order valence-electron chi connectivity index (χ0n) is 13.2. The van der Waals surface area contributed by atoms with E-state index in [0.29, 0.717) is 23.8 Å². The maximum atomic E-state index is 11.8. The van der Waals surface area contributed by atoms with Gasteiger partial charge in [0.25, 0.3) is 0 Å². The van der Waals surface area contributed by atoms with Crippen molar-refractivity contribution in [1.29, 1.82) is 0 Å². The van der Waals surface area contributed by atoms with Crippen LogP contribution in [0.15, 0.2) is 17.8 Å². The number of aromatic nitrogens is 3. The lowest BCUT2D eigenvalue weighted by atomic mass is 10.2. The zero-order valence-corrected chi connectivity index (χ0v) is 14.0. The van der Waals surface area contributed by atoms with Crippen molar-refractivity contribution in [3.8, 4) is 0 Å². The van der Waals surface area contributed by atoms with Crippen molar-refractivity contribution >= 4 is 28.4 Å². The first-order chi connectivity index (χ1) is 11.2. The van der Waals surface area contributed by atoms with E-state index in [1.165, 1.54) is 0 Å². The summed E-state index contributed by atoms with van der Waals surface area (Å²) < 4.78 is 5.00. The van der Waals surface area contributed by atoms with Gasteiger partial charge in [0.1, 0.15) is 0 Å². The minimum Gasteiger partial charge on any atom is -0.462 e. The van der Waals surface area contributed by atoms with Gasteiger partial charge < -0.3 is 14.5 Å². The predicted molar refractivity (Wildman–Crippen MR) is 89.3 cm³/mol. The highest BCUT2D eigenvalue weighted by molar-refractivity contribution is 7.13. The maximum absolute atomic E-state index is 11.8. The monoisotopic (exact) mass is 333 g/mol. The number of thiazole rings is 1. The summed E-state index contributed by atoms with van der Waals surface area (Å²) in [5.74, 6) is 0.291. The van der Waals surface area contributed by atoms with Crippen molar-refractivity contribution in [1.82, 2.24) is 15.0 Å². The number of rotatable bonds is 4. The van der Waals surface area contributed by atoms with E-state index < -0.39 is 0 Å². The summed E-state index contributed by atoms with van der Waals surface area (Å²) in [6.45, 7) is 7.37. The van der Waals surface area contributed by atoms with E-state index >= 15 is 0 Å². The second-order valence-electron chi connectivity index (χ2n) is 5.18. The van der Waals surface area contributed by atoms with Crippen LogP contribution in [0.4, 0.5) is 11.1 Å². The lowest BCUT2D eigenvalue weighted by Crippen LogP contribution is -2.47. The van der Waals surface area contributed by atoms with E-state index in [1.54, 1.807) is 24.5 Å². The number of hydrogen-bond donors (Lipinski definition) is 0. The fourth-order valence-electron chi connectivity index (χ4n) is 2.49. The van der Waals surface area contributed by atoms with Crippen molar-refractivity contribution in [3.05, 3.63) is 29.0 Å². The highest BCUT2D eigenvalue weighted by Gasteiger charge is 2.21. The van der Waals surface area contributed by atoms with Crippen LogP contribution < -0.4 is 9.80 Å². The molecule has 2 aromatic rings. The van der Waals surface area contributed by atoms with E-state index in [1.807, 2.05) is 18.5 Å². The van der Waals surface area contributed by atoms with Crippen molar-refractivity contribution in [2.75, 3.05) is 42.6 Å². The summed E-state index contributed by atoms with van der Waals surface area (Å²) in [6, 6.07) is 0. The fourth-order valence-corrected chi connectivity index (χ4v) is 3.18. The third-order valence-corrected chi connectivity index (χ3v) is 4.55. The number of esters is 1. The molecule has 23 heavy (non-hydrogen) atoms. The number of nitrogens with zero attached hydrogens (tertiary/aromatic N) is 5. The molecule has 0 aliphatic carbocycles. The van der Waals surface area contributed by atoms with Crippen LogP contribution in [-0.4, -0.2) is 53.7 Å². The number of hydrogen-bond acceptors (Lipinski definition) is 8. The summed E-state index contributed by atoms with van der Waals surface area (Å²) >= 11 is 1.65. The number of ether oxygens (including phenoxy) is 1. The number of aryl methyl sites for hydroxylation is 1. The summed E-state index contributed by atoms with van der Waals surface area (Å²) in [7, 11) is 0. The van der Waals surface area contributed by atoms with Crippen LogP contribution in [0.2, 0.25) is 0 Å². The first-order valence-electron chi connectivity index (χ1n) is 7.59.